The molecule has 5 nitrogen and oxygen atoms in total. The van der Waals surface area contributed by atoms with E-state index in [0.717, 1.165) is 20.5 Å². The maximum absolute atomic E-state index is 12.4. The van der Waals surface area contributed by atoms with Gasteiger partial charge in [0, 0.05) is 27.4 Å². The predicted molar refractivity (Wildman–Crippen MR) is 82.5 cm³/mol. The number of nitrogens with zero attached hydrogens (tertiary/aromatic N) is 1. The van der Waals surface area contributed by atoms with Crippen LogP contribution in [0.5, 0.6) is 0 Å². The van der Waals surface area contributed by atoms with Gasteiger partial charge < -0.3 is 5.73 Å². The van der Waals surface area contributed by atoms with Crippen LogP contribution in [0.3, 0.4) is 0 Å². The molecule has 0 fully saturated rings. The Labute approximate surface area is 126 Å². The van der Waals surface area contributed by atoms with Crippen LogP contribution in [0.1, 0.15) is 33.4 Å². The normalized spacial score (nSPS) is 13.6. The molecule has 20 heavy (non-hydrogen) atoms. The second kappa shape index (κ2) is 5.90. The molecule has 0 aromatic carbocycles. The highest BCUT2D eigenvalue weighted by Crippen LogP contribution is 2.27. The lowest BCUT2D eigenvalue weighted by molar-refractivity contribution is 0.566. The van der Waals surface area contributed by atoms with Crippen LogP contribution in [0.15, 0.2) is 16.3 Å². The molecule has 2 aromatic heterocycles. The minimum atomic E-state index is -3.55. The van der Waals surface area contributed by atoms with Gasteiger partial charge in [-0.2, -0.15) is 0 Å². The van der Waals surface area contributed by atoms with E-state index in [1.807, 2.05) is 12.3 Å². The topological polar surface area (TPSA) is 85.1 Å². The molecule has 0 saturated carbocycles. The minimum absolute atomic E-state index is 0.308. The van der Waals surface area contributed by atoms with Crippen molar-refractivity contribution in [1.82, 2.24) is 9.71 Å². The van der Waals surface area contributed by atoms with Crippen molar-refractivity contribution in [2.24, 2.45) is 5.73 Å². The number of hydrogen-bond acceptors (Lipinski definition) is 6. The fourth-order valence-corrected chi connectivity index (χ4v) is 5.41. The summed E-state index contributed by atoms with van der Waals surface area (Å²) >= 11 is 2.86. The quantitative estimate of drug-likeness (QED) is 0.880. The van der Waals surface area contributed by atoms with Crippen molar-refractivity contribution >= 4 is 32.7 Å². The Morgan fingerprint density at radius 3 is 2.65 bits per heavy atom. The molecule has 1 unspecified atom stereocenters. The van der Waals surface area contributed by atoms with Crippen LogP contribution in [0, 0.1) is 13.8 Å². The number of nitrogens with one attached hydrogen (secondary N) is 1. The molecule has 2 heterocycles. The number of rotatable bonds is 5. The molecule has 0 spiro atoms. The molecule has 3 N–H and O–H groups in total. The van der Waals surface area contributed by atoms with Crippen molar-refractivity contribution < 1.29 is 8.42 Å². The van der Waals surface area contributed by atoms with Crippen LogP contribution in [-0.4, -0.2) is 13.4 Å². The van der Waals surface area contributed by atoms with Crippen molar-refractivity contribution in [3.05, 3.63) is 31.9 Å². The van der Waals surface area contributed by atoms with E-state index in [4.69, 9.17) is 5.73 Å². The molecular weight excluding hydrogens is 314 g/mol. The number of nitrogens with two attached hydrogens (primary N) is 1. The van der Waals surface area contributed by atoms with Gasteiger partial charge in [-0.1, -0.05) is 0 Å². The average molecular weight is 331 g/mol. The number of hydrogen-bond donors (Lipinski definition) is 2. The smallest absolute Gasteiger partial charge is 0.242 e. The maximum Gasteiger partial charge on any atom is 0.242 e. The van der Waals surface area contributed by atoms with Crippen LogP contribution in [0.25, 0.3) is 0 Å². The summed E-state index contributed by atoms with van der Waals surface area (Å²) in [5.41, 5.74) is 6.45. The fraction of sp³-hybridized carbons (Fsp3) is 0.417. The van der Waals surface area contributed by atoms with Gasteiger partial charge in [-0.3, -0.25) is 0 Å². The van der Waals surface area contributed by atoms with E-state index in [-0.39, 0.29) is 6.04 Å². The highest BCUT2D eigenvalue weighted by Gasteiger charge is 2.23. The van der Waals surface area contributed by atoms with E-state index in [1.165, 1.54) is 22.7 Å². The Morgan fingerprint density at radius 2 is 2.15 bits per heavy atom. The van der Waals surface area contributed by atoms with Crippen LogP contribution in [-0.2, 0) is 16.6 Å². The summed E-state index contributed by atoms with van der Waals surface area (Å²) in [5, 5.41) is 2.67. The second-order valence-electron chi connectivity index (χ2n) is 4.51. The Kier molecular flexibility index (Phi) is 4.60. The largest absolute Gasteiger partial charge is 0.326 e. The molecule has 0 aliphatic rings. The highest BCUT2D eigenvalue weighted by molar-refractivity contribution is 7.89. The molecule has 0 amide bonds. The molecular formula is C12H17N3O2S3. The molecule has 1 atom stereocenters. The zero-order chi connectivity index (χ0) is 14.9. The summed E-state index contributed by atoms with van der Waals surface area (Å²) in [7, 11) is -3.55. The summed E-state index contributed by atoms with van der Waals surface area (Å²) in [4.78, 5) is 6.23. The molecule has 110 valence electrons. The first kappa shape index (κ1) is 15.6. The van der Waals surface area contributed by atoms with E-state index < -0.39 is 10.0 Å². The van der Waals surface area contributed by atoms with Crippen molar-refractivity contribution in [2.75, 3.05) is 0 Å². The lowest BCUT2D eigenvalue weighted by Crippen LogP contribution is -2.27. The molecule has 8 heteroatoms. The molecule has 2 rings (SSSR count). The Balaban J connectivity index is 2.24. The van der Waals surface area contributed by atoms with Gasteiger partial charge in [0.15, 0.2) is 0 Å². The van der Waals surface area contributed by atoms with Crippen LogP contribution in [0.2, 0.25) is 0 Å². The number of sulfonamides is 1. The fourth-order valence-electron chi connectivity index (χ4n) is 1.81. The number of thiazole rings is 1. The third-order valence-corrected chi connectivity index (χ3v) is 6.77. The second-order valence-corrected chi connectivity index (χ2v) is 8.42. The summed E-state index contributed by atoms with van der Waals surface area (Å²) in [5.74, 6) is 0. The lowest BCUT2D eigenvalue weighted by Gasteiger charge is -2.11. The van der Waals surface area contributed by atoms with Crippen LogP contribution >= 0.6 is 22.7 Å². The van der Waals surface area contributed by atoms with Crippen molar-refractivity contribution in [1.29, 1.82) is 0 Å². The van der Waals surface area contributed by atoms with Gasteiger partial charge in [-0.15, -0.1) is 22.7 Å². The monoisotopic (exact) mass is 331 g/mol. The number of aryl methyl sites for hydroxylation is 2. The first-order valence-electron chi connectivity index (χ1n) is 6.07. The first-order valence-corrected chi connectivity index (χ1v) is 9.25. The zero-order valence-corrected chi connectivity index (χ0v) is 14.0. The molecule has 0 aliphatic heterocycles. The van der Waals surface area contributed by atoms with E-state index in [1.54, 1.807) is 19.9 Å². The summed E-state index contributed by atoms with van der Waals surface area (Å²) in [6, 6.07) is 1.29. The summed E-state index contributed by atoms with van der Waals surface area (Å²) < 4.78 is 27.5. The Bertz CT molecular complexity index is 703. The van der Waals surface area contributed by atoms with E-state index in [9.17, 15) is 8.42 Å². The van der Waals surface area contributed by atoms with E-state index in [0.29, 0.717) is 11.4 Å². The van der Waals surface area contributed by atoms with Gasteiger partial charge in [-0.25, -0.2) is 18.1 Å². The average Bonchev–Trinajstić information content (AvgIpc) is 2.95. The van der Waals surface area contributed by atoms with Gasteiger partial charge in [0.1, 0.15) is 5.01 Å². The maximum atomic E-state index is 12.4. The molecule has 2 aromatic rings. The molecule has 0 saturated heterocycles. The van der Waals surface area contributed by atoms with Crippen LogP contribution in [0.4, 0.5) is 0 Å². The predicted octanol–water partition coefficient (Wildman–Crippen LogP) is 2.32. The number of aromatic nitrogens is 1. The molecule has 0 aliphatic carbocycles. The SMILES string of the molecule is Cc1csc(C(C)NS(=O)(=O)c2cc(CN)sc2C)n1. The lowest BCUT2D eigenvalue weighted by atomic mass is 10.4. The minimum Gasteiger partial charge on any atom is -0.326 e. The van der Waals surface area contributed by atoms with E-state index >= 15 is 0 Å². The van der Waals surface area contributed by atoms with Crippen LogP contribution < -0.4 is 10.5 Å². The Hall–Kier alpha value is -0.800. The van der Waals surface area contributed by atoms with Crippen molar-refractivity contribution in [3.8, 4) is 0 Å². The number of thiophene rings is 1. The van der Waals surface area contributed by atoms with Gasteiger partial charge in [0.2, 0.25) is 10.0 Å². The van der Waals surface area contributed by atoms with Gasteiger partial charge >= 0.3 is 0 Å². The van der Waals surface area contributed by atoms with Crippen molar-refractivity contribution in [3.63, 3.8) is 0 Å². The standard InChI is InChI=1S/C12H17N3O2S3/c1-7-6-18-12(14-7)8(2)15-20(16,17)11-4-10(5-13)19-9(11)3/h4,6,8,15H,5,13H2,1-3H3. The molecule has 0 radical (unpaired) electrons. The third kappa shape index (κ3) is 3.26. The van der Waals surface area contributed by atoms with Crippen molar-refractivity contribution in [2.45, 2.75) is 38.3 Å². The zero-order valence-electron chi connectivity index (χ0n) is 11.5. The van der Waals surface area contributed by atoms with Gasteiger partial charge in [-0.05, 0) is 26.8 Å². The summed E-state index contributed by atoms with van der Waals surface area (Å²) in [6.45, 7) is 5.82. The first-order chi connectivity index (χ1) is 9.33. The highest BCUT2D eigenvalue weighted by atomic mass is 32.2. The Morgan fingerprint density at radius 1 is 1.45 bits per heavy atom. The third-order valence-electron chi connectivity index (χ3n) is 2.75. The molecule has 0 bridgehead atoms. The van der Waals surface area contributed by atoms with Gasteiger partial charge in [0.05, 0.1) is 10.9 Å². The summed E-state index contributed by atoms with van der Waals surface area (Å²) in [6.07, 6.45) is 0. The van der Waals surface area contributed by atoms with E-state index in [2.05, 4.69) is 9.71 Å². The van der Waals surface area contributed by atoms with Gasteiger partial charge in [0.25, 0.3) is 0 Å².